The van der Waals surface area contributed by atoms with Crippen LogP contribution in [0.3, 0.4) is 0 Å². The molecule has 2 N–H and O–H groups in total. The highest BCUT2D eigenvalue weighted by atomic mass is 79.9. The van der Waals surface area contributed by atoms with E-state index in [0.29, 0.717) is 0 Å². The van der Waals surface area contributed by atoms with E-state index in [2.05, 4.69) is 15.9 Å². The van der Waals surface area contributed by atoms with E-state index >= 15 is 0 Å². The average Bonchev–Trinajstić information content (AvgIpc) is 2.57. The summed E-state index contributed by atoms with van der Waals surface area (Å²) in [6, 6.07) is 9.60. The fraction of sp³-hybridized carbons (Fsp3) is 0.0909. The Morgan fingerprint density at radius 2 is 2.00 bits per heavy atom. The van der Waals surface area contributed by atoms with E-state index in [1.807, 2.05) is 37.3 Å². The first kappa shape index (κ1) is 9.34. The number of hydrogen-bond acceptors (Lipinski definition) is 2. The van der Waals surface area contributed by atoms with Gasteiger partial charge < -0.3 is 10.2 Å². The van der Waals surface area contributed by atoms with E-state index in [-0.39, 0.29) is 0 Å². The van der Waals surface area contributed by atoms with Crippen LogP contribution >= 0.6 is 15.9 Å². The number of nitrogen functional groups attached to an aromatic ring is 1. The molecule has 0 aliphatic rings. The van der Waals surface area contributed by atoms with Crippen molar-refractivity contribution in [3.63, 3.8) is 0 Å². The van der Waals surface area contributed by atoms with Crippen molar-refractivity contribution < 1.29 is 4.42 Å². The Bertz CT molecular complexity index is 462. The molecule has 0 atom stereocenters. The van der Waals surface area contributed by atoms with Crippen molar-refractivity contribution in [3.8, 4) is 11.3 Å². The van der Waals surface area contributed by atoms with Crippen molar-refractivity contribution in [2.24, 2.45) is 0 Å². The highest BCUT2D eigenvalue weighted by Crippen LogP contribution is 2.29. The van der Waals surface area contributed by atoms with Crippen LogP contribution in [0.1, 0.15) is 5.56 Å². The summed E-state index contributed by atoms with van der Waals surface area (Å²) >= 11 is 3.27. The molecule has 0 aliphatic heterocycles. The van der Waals surface area contributed by atoms with Gasteiger partial charge >= 0.3 is 0 Å². The van der Waals surface area contributed by atoms with Crippen LogP contribution in [0, 0.1) is 6.92 Å². The smallest absolute Gasteiger partial charge is 0.169 e. The maximum atomic E-state index is 5.81. The first-order chi connectivity index (χ1) is 6.68. The Balaban J connectivity index is 2.57. The third-order valence-electron chi connectivity index (χ3n) is 2.21. The van der Waals surface area contributed by atoms with E-state index < -0.39 is 0 Å². The lowest BCUT2D eigenvalue weighted by Gasteiger charge is -2.04. The predicted molar refractivity (Wildman–Crippen MR) is 61.0 cm³/mol. The molecule has 0 saturated heterocycles. The van der Waals surface area contributed by atoms with Crippen LogP contribution < -0.4 is 5.73 Å². The molecule has 0 saturated carbocycles. The lowest BCUT2D eigenvalue weighted by atomic mass is 10.1. The molecule has 2 nitrogen and oxygen atoms in total. The highest BCUT2D eigenvalue weighted by Gasteiger charge is 2.07. The zero-order chi connectivity index (χ0) is 10.1. The van der Waals surface area contributed by atoms with Gasteiger partial charge in [-0.3, -0.25) is 0 Å². The van der Waals surface area contributed by atoms with Crippen molar-refractivity contribution in [2.45, 2.75) is 6.92 Å². The quantitative estimate of drug-likeness (QED) is 0.787. The standard InChI is InChI=1S/C11H10BrNO/c1-7-8(3-2-4-9(7)13)10-5-6-11(12)14-10/h2-6H,13H2,1H3. The van der Waals surface area contributed by atoms with Crippen molar-refractivity contribution in [1.29, 1.82) is 0 Å². The zero-order valence-electron chi connectivity index (χ0n) is 7.75. The lowest BCUT2D eigenvalue weighted by molar-refractivity contribution is 0.555. The number of anilines is 1. The molecule has 0 bridgehead atoms. The third kappa shape index (κ3) is 1.55. The Hall–Kier alpha value is -1.22. The van der Waals surface area contributed by atoms with E-state index in [0.717, 1.165) is 27.2 Å². The molecule has 0 unspecified atom stereocenters. The average molecular weight is 252 g/mol. The van der Waals surface area contributed by atoms with Gasteiger partial charge in [-0.1, -0.05) is 12.1 Å². The van der Waals surface area contributed by atoms with Crippen LogP contribution in [0.5, 0.6) is 0 Å². The summed E-state index contributed by atoms with van der Waals surface area (Å²) in [5, 5.41) is 0. The number of furan rings is 1. The van der Waals surface area contributed by atoms with Gasteiger partial charge in [-0.15, -0.1) is 0 Å². The summed E-state index contributed by atoms with van der Waals surface area (Å²) in [7, 11) is 0. The van der Waals surface area contributed by atoms with Crippen molar-refractivity contribution in [2.75, 3.05) is 5.73 Å². The van der Waals surface area contributed by atoms with E-state index in [4.69, 9.17) is 10.2 Å². The van der Waals surface area contributed by atoms with Crippen LogP contribution in [0.2, 0.25) is 0 Å². The van der Waals surface area contributed by atoms with Crippen LogP contribution in [-0.4, -0.2) is 0 Å². The second-order valence-electron chi connectivity index (χ2n) is 3.12. The van der Waals surface area contributed by atoms with E-state index in [1.165, 1.54) is 0 Å². The molecule has 0 amide bonds. The SMILES string of the molecule is Cc1c(N)cccc1-c1ccc(Br)o1. The Labute approximate surface area is 90.9 Å². The maximum absolute atomic E-state index is 5.81. The fourth-order valence-electron chi connectivity index (χ4n) is 1.38. The number of hydrogen-bond donors (Lipinski definition) is 1. The summed E-state index contributed by atoms with van der Waals surface area (Å²) in [5.41, 5.74) is 8.69. The van der Waals surface area contributed by atoms with E-state index in [1.54, 1.807) is 0 Å². The first-order valence-electron chi connectivity index (χ1n) is 4.29. The topological polar surface area (TPSA) is 39.2 Å². The van der Waals surface area contributed by atoms with Crippen molar-refractivity contribution in [1.82, 2.24) is 0 Å². The molecule has 1 aromatic heterocycles. The molecule has 0 fully saturated rings. The molecule has 3 heteroatoms. The van der Waals surface area contributed by atoms with Gasteiger partial charge in [-0.05, 0) is 46.6 Å². The van der Waals surface area contributed by atoms with Gasteiger partial charge in [0, 0.05) is 11.3 Å². The summed E-state index contributed by atoms with van der Waals surface area (Å²) in [5.74, 6) is 0.835. The monoisotopic (exact) mass is 251 g/mol. The number of rotatable bonds is 1. The first-order valence-corrected chi connectivity index (χ1v) is 5.08. The minimum absolute atomic E-state index is 0.731. The Morgan fingerprint density at radius 1 is 1.21 bits per heavy atom. The normalized spacial score (nSPS) is 10.4. The minimum atomic E-state index is 0.731. The van der Waals surface area contributed by atoms with E-state index in [9.17, 15) is 0 Å². The summed E-state index contributed by atoms with van der Waals surface area (Å²) in [6.45, 7) is 1.99. The van der Waals surface area contributed by atoms with Gasteiger partial charge in [0.1, 0.15) is 5.76 Å². The molecular weight excluding hydrogens is 242 g/mol. The van der Waals surface area contributed by atoms with Crippen LogP contribution in [0.25, 0.3) is 11.3 Å². The van der Waals surface area contributed by atoms with Crippen LogP contribution in [0.4, 0.5) is 5.69 Å². The van der Waals surface area contributed by atoms with Crippen LogP contribution in [-0.2, 0) is 0 Å². The molecule has 1 aromatic carbocycles. The molecular formula is C11H10BrNO. The number of benzene rings is 1. The van der Waals surface area contributed by atoms with Crippen LogP contribution in [0.15, 0.2) is 39.4 Å². The second-order valence-corrected chi connectivity index (χ2v) is 3.91. The van der Waals surface area contributed by atoms with Gasteiger partial charge in [0.25, 0.3) is 0 Å². The fourth-order valence-corrected chi connectivity index (χ4v) is 1.69. The van der Waals surface area contributed by atoms with Gasteiger partial charge in [0.05, 0.1) is 0 Å². The molecule has 0 aliphatic carbocycles. The molecule has 0 radical (unpaired) electrons. The van der Waals surface area contributed by atoms with Gasteiger partial charge in [-0.25, -0.2) is 0 Å². The lowest BCUT2D eigenvalue weighted by Crippen LogP contribution is -1.90. The minimum Gasteiger partial charge on any atom is -0.449 e. The Morgan fingerprint density at radius 3 is 2.64 bits per heavy atom. The molecule has 0 spiro atoms. The molecule has 72 valence electrons. The van der Waals surface area contributed by atoms with Crippen molar-refractivity contribution >= 4 is 21.6 Å². The van der Waals surface area contributed by atoms with Gasteiger partial charge in [0.2, 0.25) is 0 Å². The Kier molecular flexibility index (Phi) is 2.33. The second kappa shape index (κ2) is 3.50. The molecule has 2 rings (SSSR count). The molecule has 2 aromatic rings. The number of nitrogens with two attached hydrogens (primary N) is 1. The van der Waals surface area contributed by atoms with Gasteiger partial charge in [0.15, 0.2) is 4.67 Å². The third-order valence-corrected chi connectivity index (χ3v) is 2.64. The zero-order valence-corrected chi connectivity index (χ0v) is 9.34. The molecule has 14 heavy (non-hydrogen) atoms. The molecule has 1 heterocycles. The summed E-state index contributed by atoms with van der Waals surface area (Å²) in [6.07, 6.45) is 0. The largest absolute Gasteiger partial charge is 0.449 e. The number of halogens is 1. The summed E-state index contributed by atoms with van der Waals surface area (Å²) in [4.78, 5) is 0. The highest BCUT2D eigenvalue weighted by molar-refractivity contribution is 9.10. The summed E-state index contributed by atoms with van der Waals surface area (Å²) < 4.78 is 6.20. The van der Waals surface area contributed by atoms with Gasteiger partial charge in [-0.2, -0.15) is 0 Å². The van der Waals surface area contributed by atoms with Crippen molar-refractivity contribution in [3.05, 3.63) is 40.6 Å². The predicted octanol–water partition coefficient (Wildman–Crippen LogP) is 3.60. The maximum Gasteiger partial charge on any atom is 0.169 e.